The van der Waals surface area contributed by atoms with E-state index in [2.05, 4.69) is 21.2 Å². The van der Waals surface area contributed by atoms with Gasteiger partial charge in [-0.25, -0.2) is 4.79 Å². The number of amides is 2. The van der Waals surface area contributed by atoms with Crippen LogP contribution in [0.4, 0.5) is 0 Å². The van der Waals surface area contributed by atoms with E-state index in [4.69, 9.17) is 26.8 Å². The highest BCUT2D eigenvalue weighted by Crippen LogP contribution is 2.37. The van der Waals surface area contributed by atoms with E-state index in [0.29, 0.717) is 10.0 Å². The number of halogens is 1. The molecule has 1 aromatic carbocycles. The van der Waals surface area contributed by atoms with Gasteiger partial charge in [-0.2, -0.15) is 0 Å². The molecule has 8 nitrogen and oxygen atoms in total. The molecular formula is C15H13BrN2O6S. The van der Waals surface area contributed by atoms with Crippen molar-refractivity contribution in [3.05, 3.63) is 27.7 Å². The molecule has 25 heavy (non-hydrogen) atoms. The Kier molecular flexibility index (Phi) is 5.75. The summed E-state index contributed by atoms with van der Waals surface area (Å²) in [4.78, 5) is 36.0. The van der Waals surface area contributed by atoms with E-state index in [1.165, 1.54) is 26.3 Å². The monoisotopic (exact) mass is 428 g/mol. The number of rotatable bonds is 5. The van der Waals surface area contributed by atoms with Gasteiger partial charge >= 0.3 is 5.97 Å². The number of carboxylic acids is 1. The predicted molar refractivity (Wildman–Crippen MR) is 95.3 cm³/mol. The Morgan fingerprint density at radius 2 is 2.12 bits per heavy atom. The molecule has 1 heterocycles. The van der Waals surface area contributed by atoms with Crippen LogP contribution in [0.3, 0.4) is 0 Å². The molecule has 2 amide bonds. The van der Waals surface area contributed by atoms with Crippen LogP contribution in [0.25, 0.3) is 6.08 Å². The van der Waals surface area contributed by atoms with Gasteiger partial charge < -0.3 is 14.6 Å². The average Bonchev–Trinajstić information content (AvgIpc) is 2.55. The maximum atomic E-state index is 12.2. The Labute approximate surface area is 156 Å². The molecule has 1 saturated heterocycles. The third-order valence-electron chi connectivity index (χ3n) is 3.21. The lowest BCUT2D eigenvalue weighted by molar-refractivity contribution is -0.139. The van der Waals surface area contributed by atoms with Gasteiger partial charge in [-0.1, -0.05) is 0 Å². The van der Waals surface area contributed by atoms with Crippen LogP contribution >= 0.6 is 28.1 Å². The van der Waals surface area contributed by atoms with Crippen LogP contribution in [0.5, 0.6) is 11.5 Å². The molecule has 0 saturated carbocycles. The highest BCUT2D eigenvalue weighted by molar-refractivity contribution is 9.10. The summed E-state index contributed by atoms with van der Waals surface area (Å²) >= 11 is 8.14. The fourth-order valence-electron chi connectivity index (χ4n) is 2.01. The highest BCUT2D eigenvalue weighted by atomic mass is 79.9. The summed E-state index contributed by atoms with van der Waals surface area (Å²) in [5, 5.41) is 11.2. The number of carbonyl (C=O) groups excluding carboxylic acids is 2. The molecular weight excluding hydrogens is 416 g/mol. The molecule has 132 valence electrons. The molecule has 0 spiro atoms. The van der Waals surface area contributed by atoms with E-state index in [1.807, 2.05) is 0 Å². The topological polar surface area (TPSA) is 105 Å². The van der Waals surface area contributed by atoms with Crippen molar-refractivity contribution in [1.82, 2.24) is 10.2 Å². The van der Waals surface area contributed by atoms with Gasteiger partial charge in [0.05, 0.1) is 11.6 Å². The Hall–Kier alpha value is -2.46. The van der Waals surface area contributed by atoms with Gasteiger partial charge in [0, 0.05) is 7.05 Å². The van der Waals surface area contributed by atoms with Crippen LogP contribution in [-0.2, 0) is 14.4 Å². The Morgan fingerprint density at radius 3 is 2.72 bits per heavy atom. The smallest absolute Gasteiger partial charge is 0.341 e. The molecule has 0 radical (unpaired) electrons. The first kappa shape index (κ1) is 18.9. The molecule has 1 aliphatic rings. The summed E-state index contributed by atoms with van der Waals surface area (Å²) in [7, 11) is 2.84. The maximum Gasteiger partial charge on any atom is 0.341 e. The molecule has 2 rings (SSSR count). The van der Waals surface area contributed by atoms with E-state index >= 15 is 0 Å². The van der Waals surface area contributed by atoms with E-state index < -0.39 is 24.4 Å². The number of aliphatic carboxylic acids is 1. The van der Waals surface area contributed by atoms with Crippen molar-refractivity contribution >= 4 is 57.1 Å². The zero-order chi connectivity index (χ0) is 18.7. The molecule has 0 aliphatic carbocycles. The van der Waals surface area contributed by atoms with Crippen molar-refractivity contribution in [3.8, 4) is 11.5 Å². The van der Waals surface area contributed by atoms with Gasteiger partial charge in [0.1, 0.15) is 5.57 Å². The summed E-state index contributed by atoms with van der Waals surface area (Å²) in [6.45, 7) is -0.543. The summed E-state index contributed by atoms with van der Waals surface area (Å²) in [6, 6.07) is 3.09. The number of hydrogen-bond acceptors (Lipinski definition) is 6. The first-order valence-electron chi connectivity index (χ1n) is 6.81. The van der Waals surface area contributed by atoms with Gasteiger partial charge in [-0.05, 0) is 51.9 Å². The van der Waals surface area contributed by atoms with Gasteiger partial charge in [0.25, 0.3) is 11.8 Å². The van der Waals surface area contributed by atoms with Crippen molar-refractivity contribution in [3.63, 3.8) is 0 Å². The Morgan fingerprint density at radius 1 is 1.44 bits per heavy atom. The van der Waals surface area contributed by atoms with E-state index in [9.17, 15) is 14.4 Å². The van der Waals surface area contributed by atoms with Gasteiger partial charge in [0.15, 0.2) is 23.2 Å². The van der Waals surface area contributed by atoms with Gasteiger partial charge in [-0.3, -0.25) is 19.8 Å². The largest absolute Gasteiger partial charge is 0.493 e. The second-order valence-corrected chi connectivity index (χ2v) is 6.14. The summed E-state index contributed by atoms with van der Waals surface area (Å²) in [5.41, 5.74) is 0.385. The van der Waals surface area contributed by atoms with E-state index in [1.54, 1.807) is 6.07 Å². The van der Waals surface area contributed by atoms with Gasteiger partial charge in [0.2, 0.25) is 0 Å². The van der Waals surface area contributed by atoms with Crippen molar-refractivity contribution in [1.29, 1.82) is 0 Å². The SMILES string of the molecule is COc1cc(/C=C2\C(=O)NC(=S)N(C)C2=O)cc(Br)c1OCC(=O)O. The second kappa shape index (κ2) is 7.62. The van der Waals surface area contributed by atoms with Crippen molar-refractivity contribution < 1.29 is 29.0 Å². The van der Waals surface area contributed by atoms with Crippen LogP contribution in [-0.4, -0.2) is 53.7 Å². The van der Waals surface area contributed by atoms with E-state index in [0.717, 1.165) is 4.90 Å². The average molecular weight is 429 g/mol. The standard InChI is InChI=1S/C15H13BrN2O6S/c1-18-14(22)8(13(21)17-15(18)25)3-7-4-9(16)12(10(5-7)23-2)24-6-11(19)20/h3-5H,6H2,1-2H3,(H,19,20)(H,17,21,25)/b8-3+. The molecule has 0 bridgehead atoms. The number of nitrogens with one attached hydrogen (secondary N) is 1. The molecule has 1 fully saturated rings. The third-order valence-corrected chi connectivity index (χ3v) is 4.17. The molecule has 2 N–H and O–H groups in total. The summed E-state index contributed by atoms with van der Waals surface area (Å²) in [6.07, 6.45) is 1.38. The summed E-state index contributed by atoms with van der Waals surface area (Å²) in [5.74, 6) is -1.83. The summed E-state index contributed by atoms with van der Waals surface area (Å²) < 4.78 is 10.8. The number of nitrogens with zero attached hydrogens (tertiary/aromatic N) is 1. The zero-order valence-corrected chi connectivity index (χ0v) is 15.6. The van der Waals surface area contributed by atoms with Crippen molar-refractivity contribution in [2.75, 3.05) is 20.8 Å². The quantitative estimate of drug-likeness (QED) is 0.412. The van der Waals surface area contributed by atoms with Crippen molar-refractivity contribution in [2.24, 2.45) is 0 Å². The minimum absolute atomic E-state index is 0.0309. The lowest BCUT2D eigenvalue weighted by Gasteiger charge is -2.25. The third kappa shape index (κ3) is 4.15. The number of hydrogen-bond donors (Lipinski definition) is 2. The van der Waals surface area contributed by atoms with Crippen LogP contribution in [0, 0.1) is 0 Å². The minimum atomic E-state index is -1.14. The number of benzene rings is 1. The van der Waals surface area contributed by atoms with Crippen LogP contribution in [0.15, 0.2) is 22.2 Å². The fourth-order valence-corrected chi connectivity index (χ4v) is 2.76. The Balaban J connectivity index is 2.41. The highest BCUT2D eigenvalue weighted by Gasteiger charge is 2.30. The lowest BCUT2D eigenvalue weighted by Crippen LogP contribution is -2.52. The number of methoxy groups -OCH3 is 1. The number of carboxylic acid groups (broad SMARTS) is 1. The molecule has 1 aliphatic heterocycles. The number of thiocarbonyl (C=S) groups is 1. The Bertz CT molecular complexity index is 807. The molecule has 0 aromatic heterocycles. The first-order valence-corrected chi connectivity index (χ1v) is 8.02. The molecule has 0 atom stereocenters. The number of carbonyl (C=O) groups is 3. The van der Waals surface area contributed by atoms with Gasteiger partial charge in [-0.15, -0.1) is 0 Å². The molecule has 10 heteroatoms. The first-order chi connectivity index (χ1) is 11.7. The van der Waals surface area contributed by atoms with E-state index in [-0.39, 0.29) is 22.2 Å². The second-order valence-electron chi connectivity index (χ2n) is 4.90. The van der Waals surface area contributed by atoms with Crippen molar-refractivity contribution in [2.45, 2.75) is 0 Å². The fraction of sp³-hybridized carbons (Fsp3) is 0.200. The van der Waals surface area contributed by atoms with Crippen LogP contribution in [0.1, 0.15) is 5.56 Å². The van der Waals surface area contributed by atoms with Crippen LogP contribution in [0.2, 0.25) is 0 Å². The molecule has 0 unspecified atom stereocenters. The number of ether oxygens (including phenoxy) is 2. The predicted octanol–water partition coefficient (Wildman–Crippen LogP) is 1.18. The normalized spacial score (nSPS) is 16.0. The number of likely N-dealkylation sites (N-methyl/N-ethyl adjacent to an activating group) is 1. The van der Waals surface area contributed by atoms with Crippen LogP contribution < -0.4 is 14.8 Å². The minimum Gasteiger partial charge on any atom is -0.493 e. The maximum absolute atomic E-state index is 12.2. The lowest BCUT2D eigenvalue weighted by atomic mass is 10.1. The zero-order valence-electron chi connectivity index (χ0n) is 13.2. The molecule has 1 aromatic rings.